The molecule has 0 aliphatic carbocycles. The van der Waals surface area contributed by atoms with Gasteiger partial charge in [0.25, 0.3) is 0 Å². The van der Waals surface area contributed by atoms with E-state index in [1.165, 1.54) is 9.87 Å². The third kappa shape index (κ3) is 6.56. The summed E-state index contributed by atoms with van der Waals surface area (Å²) in [7, 11) is -3.50. The first-order chi connectivity index (χ1) is 15.3. The van der Waals surface area contributed by atoms with Crippen molar-refractivity contribution in [1.29, 1.82) is 0 Å². The van der Waals surface area contributed by atoms with Crippen molar-refractivity contribution in [3.05, 3.63) is 59.7 Å². The molecule has 1 saturated heterocycles. The van der Waals surface area contributed by atoms with Crippen LogP contribution in [0.5, 0.6) is 5.75 Å². The van der Waals surface area contributed by atoms with E-state index >= 15 is 0 Å². The number of hydrogen-bond acceptors (Lipinski definition) is 4. The van der Waals surface area contributed by atoms with Crippen LogP contribution in [0.2, 0.25) is 0 Å². The molecule has 0 bridgehead atoms. The molecule has 3 rings (SSSR count). The van der Waals surface area contributed by atoms with Crippen LogP contribution in [0.25, 0.3) is 0 Å². The van der Waals surface area contributed by atoms with E-state index in [0.717, 1.165) is 24.2 Å². The van der Waals surface area contributed by atoms with E-state index in [4.69, 9.17) is 4.74 Å². The van der Waals surface area contributed by atoms with Crippen molar-refractivity contribution >= 4 is 15.9 Å². The van der Waals surface area contributed by atoms with E-state index in [9.17, 15) is 13.2 Å². The van der Waals surface area contributed by atoms with Gasteiger partial charge in [-0.05, 0) is 76.3 Å². The Kier molecular flexibility index (Phi) is 8.32. The van der Waals surface area contributed by atoms with Gasteiger partial charge in [-0.3, -0.25) is 4.79 Å². The van der Waals surface area contributed by atoms with Crippen molar-refractivity contribution in [3.63, 3.8) is 0 Å². The summed E-state index contributed by atoms with van der Waals surface area (Å²) in [5, 5.41) is 3.02. The second-order valence-electron chi connectivity index (χ2n) is 8.70. The van der Waals surface area contributed by atoms with Gasteiger partial charge in [0.15, 0.2) is 0 Å². The van der Waals surface area contributed by atoms with Crippen molar-refractivity contribution < 1.29 is 17.9 Å². The van der Waals surface area contributed by atoms with Crippen LogP contribution in [0.4, 0.5) is 0 Å². The summed E-state index contributed by atoms with van der Waals surface area (Å²) < 4.78 is 32.8. The monoisotopic (exact) mass is 458 g/mol. The highest BCUT2D eigenvalue weighted by atomic mass is 32.2. The number of hydrogen-bond donors (Lipinski definition) is 1. The van der Waals surface area contributed by atoms with Crippen LogP contribution >= 0.6 is 0 Å². The summed E-state index contributed by atoms with van der Waals surface area (Å²) in [6, 6.07) is 15.0. The molecule has 1 heterocycles. The molecule has 0 atom stereocenters. The highest BCUT2D eigenvalue weighted by Gasteiger charge is 2.31. The quantitative estimate of drug-likeness (QED) is 0.578. The topological polar surface area (TPSA) is 75.7 Å². The first-order valence-electron chi connectivity index (χ1n) is 11.4. The number of piperidine rings is 1. The van der Waals surface area contributed by atoms with Crippen molar-refractivity contribution in [3.8, 4) is 5.75 Å². The van der Waals surface area contributed by atoms with E-state index in [1.807, 2.05) is 32.9 Å². The molecule has 1 aliphatic heterocycles. The second-order valence-corrected chi connectivity index (χ2v) is 10.6. The number of nitrogens with zero attached hydrogens (tertiary/aromatic N) is 1. The summed E-state index contributed by atoms with van der Waals surface area (Å²) in [5.41, 5.74) is 2.24. The van der Waals surface area contributed by atoms with Crippen LogP contribution in [0.1, 0.15) is 44.2 Å². The molecular weight excluding hydrogens is 424 g/mol. The molecular formula is C25H34N2O4S. The maximum Gasteiger partial charge on any atom is 0.243 e. The molecule has 32 heavy (non-hydrogen) atoms. The first-order valence-corrected chi connectivity index (χ1v) is 12.8. The first kappa shape index (κ1) is 24.3. The third-order valence-electron chi connectivity index (χ3n) is 5.72. The van der Waals surface area contributed by atoms with E-state index < -0.39 is 10.0 Å². The Hall–Kier alpha value is -2.38. The van der Waals surface area contributed by atoms with Crippen molar-refractivity contribution in [1.82, 2.24) is 9.62 Å². The van der Waals surface area contributed by atoms with Crippen molar-refractivity contribution in [2.45, 2.75) is 57.5 Å². The number of aryl methyl sites for hydroxylation is 2. The van der Waals surface area contributed by atoms with Crippen molar-refractivity contribution in [2.75, 3.05) is 19.6 Å². The Balaban J connectivity index is 1.39. The Morgan fingerprint density at radius 2 is 1.69 bits per heavy atom. The lowest BCUT2D eigenvalue weighted by Gasteiger charge is -2.30. The molecule has 1 aliphatic rings. The highest BCUT2D eigenvalue weighted by Crippen LogP contribution is 2.24. The standard InChI is InChI=1S/C25H34N2O4S/c1-19(2)31-23-10-8-21(9-11-23)5-4-16-26-25(28)22-14-17-27(18-15-22)32(29,30)24-12-6-20(3)7-13-24/h6-13,19,22H,4-5,14-18H2,1-3H3,(H,26,28). The summed E-state index contributed by atoms with van der Waals surface area (Å²) in [5.74, 6) is 0.762. The Morgan fingerprint density at radius 3 is 2.28 bits per heavy atom. The Labute approximate surface area is 192 Å². The fourth-order valence-electron chi connectivity index (χ4n) is 3.87. The molecule has 0 spiro atoms. The summed E-state index contributed by atoms with van der Waals surface area (Å²) in [6.45, 7) is 7.30. The van der Waals surface area contributed by atoms with Crippen LogP contribution < -0.4 is 10.1 Å². The smallest absolute Gasteiger partial charge is 0.243 e. The number of rotatable bonds is 9. The maximum atomic E-state index is 12.8. The average Bonchev–Trinajstić information content (AvgIpc) is 2.77. The molecule has 1 amide bonds. The van der Waals surface area contributed by atoms with Gasteiger partial charge in [-0.1, -0.05) is 29.8 Å². The van der Waals surface area contributed by atoms with Gasteiger partial charge in [0.1, 0.15) is 5.75 Å². The lowest BCUT2D eigenvalue weighted by molar-refractivity contribution is -0.126. The zero-order chi connectivity index (χ0) is 23.1. The number of ether oxygens (including phenoxy) is 1. The van der Waals surface area contributed by atoms with Crippen LogP contribution in [-0.4, -0.2) is 44.4 Å². The minimum atomic E-state index is -3.50. The molecule has 2 aromatic carbocycles. The normalized spacial score (nSPS) is 15.6. The summed E-state index contributed by atoms with van der Waals surface area (Å²) in [4.78, 5) is 12.8. The summed E-state index contributed by atoms with van der Waals surface area (Å²) >= 11 is 0. The number of sulfonamides is 1. The molecule has 0 unspecified atom stereocenters. The van der Waals surface area contributed by atoms with E-state index in [-0.39, 0.29) is 17.9 Å². The molecule has 0 aromatic heterocycles. The molecule has 0 radical (unpaired) electrons. The number of carbonyl (C=O) groups is 1. The summed E-state index contributed by atoms with van der Waals surface area (Å²) in [6.07, 6.45) is 3.00. The zero-order valence-corrected chi connectivity index (χ0v) is 20.0. The van der Waals surface area contributed by atoms with Crippen LogP contribution in [-0.2, 0) is 21.2 Å². The molecule has 2 aromatic rings. The van der Waals surface area contributed by atoms with Gasteiger partial charge in [0.2, 0.25) is 15.9 Å². The van der Waals surface area contributed by atoms with Gasteiger partial charge in [-0.2, -0.15) is 4.31 Å². The molecule has 7 heteroatoms. The van der Waals surface area contributed by atoms with Gasteiger partial charge in [0.05, 0.1) is 11.0 Å². The average molecular weight is 459 g/mol. The minimum absolute atomic E-state index is 0.0260. The zero-order valence-electron chi connectivity index (χ0n) is 19.2. The third-order valence-corrected chi connectivity index (χ3v) is 7.63. The highest BCUT2D eigenvalue weighted by molar-refractivity contribution is 7.89. The second kappa shape index (κ2) is 11.0. The van der Waals surface area contributed by atoms with E-state index in [1.54, 1.807) is 24.3 Å². The number of nitrogens with one attached hydrogen (secondary N) is 1. The minimum Gasteiger partial charge on any atom is -0.491 e. The van der Waals surface area contributed by atoms with Crippen LogP contribution in [0.15, 0.2) is 53.4 Å². The molecule has 6 nitrogen and oxygen atoms in total. The largest absolute Gasteiger partial charge is 0.491 e. The number of amides is 1. The van der Waals surface area contributed by atoms with Gasteiger partial charge in [-0.15, -0.1) is 0 Å². The van der Waals surface area contributed by atoms with Crippen LogP contribution in [0.3, 0.4) is 0 Å². The van der Waals surface area contributed by atoms with Gasteiger partial charge in [0, 0.05) is 25.6 Å². The Morgan fingerprint density at radius 1 is 1.06 bits per heavy atom. The van der Waals surface area contributed by atoms with Gasteiger partial charge < -0.3 is 10.1 Å². The molecule has 174 valence electrons. The van der Waals surface area contributed by atoms with E-state index in [2.05, 4.69) is 17.4 Å². The van der Waals surface area contributed by atoms with Crippen molar-refractivity contribution in [2.24, 2.45) is 5.92 Å². The maximum absolute atomic E-state index is 12.8. The lowest BCUT2D eigenvalue weighted by atomic mass is 9.97. The molecule has 1 fully saturated rings. The van der Waals surface area contributed by atoms with Gasteiger partial charge in [-0.25, -0.2) is 8.42 Å². The number of benzene rings is 2. The lowest BCUT2D eigenvalue weighted by Crippen LogP contribution is -2.43. The van der Waals surface area contributed by atoms with Gasteiger partial charge >= 0.3 is 0 Å². The predicted octanol–water partition coefficient (Wildman–Crippen LogP) is 3.93. The fourth-order valence-corrected chi connectivity index (χ4v) is 5.34. The number of carbonyl (C=O) groups excluding carboxylic acids is 1. The van der Waals surface area contributed by atoms with Crippen LogP contribution in [0, 0.1) is 12.8 Å². The Bertz CT molecular complexity index is 978. The molecule has 0 saturated carbocycles. The predicted molar refractivity (Wildman–Crippen MR) is 126 cm³/mol. The fraction of sp³-hybridized carbons (Fsp3) is 0.480. The molecule has 1 N–H and O–H groups in total. The van der Waals surface area contributed by atoms with E-state index in [0.29, 0.717) is 37.4 Å². The SMILES string of the molecule is Cc1ccc(S(=O)(=O)N2CCC(C(=O)NCCCc3ccc(OC(C)C)cc3)CC2)cc1.